The number of hydrogen-bond donors (Lipinski definition) is 0. The van der Waals surface area contributed by atoms with Crippen molar-refractivity contribution in [2.24, 2.45) is 0 Å². The van der Waals surface area contributed by atoms with Gasteiger partial charge in [0.2, 0.25) is 5.91 Å². The Morgan fingerprint density at radius 2 is 2.25 bits per heavy atom. The number of amides is 1. The Bertz CT molecular complexity index is 549. The van der Waals surface area contributed by atoms with Crippen LogP contribution < -0.4 is 0 Å². The van der Waals surface area contributed by atoms with E-state index in [0.29, 0.717) is 19.0 Å². The summed E-state index contributed by atoms with van der Waals surface area (Å²) < 4.78 is 0. The molecule has 0 aromatic carbocycles. The number of nitrogens with zero attached hydrogens (tertiary/aromatic N) is 2. The molecular formula is C16H18N2OS. The van der Waals surface area contributed by atoms with Crippen LogP contribution in [-0.2, 0) is 17.8 Å². The highest BCUT2D eigenvalue weighted by Crippen LogP contribution is 2.29. The third-order valence-corrected chi connectivity index (χ3v) is 4.49. The smallest absolute Gasteiger partial charge is 0.223 e. The monoisotopic (exact) mass is 286 g/mol. The Morgan fingerprint density at radius 3 is 2.90 bits per heavy atom. The zero-order valence-electron chi connectivity index (χ0n) is 11.4. The molecule has 1 fully saturated rings. The quantitative estimate of drug-likeness (QED) is 0.816. The van der Waals surface area contributed by atoms with Gasteiger partial charge in [-0.15, -0.1) is 11.3 Å². The van der Waals surface area contributed by atoms with Gasteiger partial charge < -0.3 is 4.90 Å². The molecule has 0 spiro atoms. The largest absolute Gasteiger partial charge is 0.335 e. The molecule has 0 aliphatic heterocycles. The molecule has 1 amide bonds. The van der Waals surface area contributed by atoms with Crippen LogP contribution in [0.1, 0.15) is 29.7 Å². The first-order valence-electron chi connectivity index (χ1n) is 7.03. The average Bonchev–Trinajstić information content (AvgIpc) is 3.19. The lowest BCUT2D eigenvalue weighted by molar-refractivity contribution is -0.132. The number of aromatic nitrogens is 1. The van der Waals surface area contributed by atoms with Crippen LogP contribution in [0.2, 0.25) is 0 Å². The molecule has 1 aliphatic rings. The number of hydrogen-bond acceptors (Lipinski definition) is 3. The molecule has 0 bridgehead atoms. The fourth-order valence-electron chi connectivity index (χ4n) is 2.32. The number of thiophene rings is 1. The number of carbonyl (C=O) groups excluding carboxylic acids is 1. The lowest BCUT2D eigenvalue weighted by atomic mass is 10.2. The van der Waals surface area contributed by atoms with Crippen molar-refractivity contribution in [1.29, 1.82) is 0 Å². The van der Waals surface area contributed by atoms with Crippen LogP contribution in [0.5, 0.6) is 0 Å². The average molecular weight is 286 g/mol. The van der Waals surface area contributed by atoms with Crippen molar-refractivity contribution >= 4 is 17.2 Å². The lowest BCUT2D eigenvalue weighted by Crippen LogP contribution is -2.32. The van der Waals surface area contributed by atoms with Gasteiger partial charge in [0.05, 0.1) is 0 Å². The van der Waals surface area contributed by atoms with Gasteiger partial charge in [0, 0.05) is 36.3 Å². The third kappa shape index (κ3) is 3.45. The van der Waals surface area contributed by atoms with E-state index in [-0.39, 0.29) is 5.91 Å². The minimum Gasteiger partial charge on any atom is -0.335 e. The zero-order chi connectivity index (χ0) is 13.8. The normalized spacial score (nSPS) is 14.2. The summed E-state index contributed by atoms with van der Waals surface area (Å²) in [7, 11) is 0. The first kappa shape index (κ1) is 13.3. The fraction of sp³-hybridized carbons (Fsp3) is 0.375. The Labute approximate surface area is 123 Å². The Kier molecular flexibility index (Phi) is 4.11. The summed E-state index contributed by atoms with van der Waals surface area (Å²) in [6.07, 6.45) is 7.37. The molecular weight excluding hydrogens is 268 g/mol. The summed E-state index contributed by atoms with van der Waals surface area (Å²) >= 11 is 1.72. The van der Waals surface area contributed by atoms with E-state index in [4.69, 9.17) is 0 Å². The van der Waals surface area contributed by atoms with E-state index in [1.807, 2.05) is 29.3 Å². The first-order valence-corrected chi connectivity index (χ1v) is 7.91. The molecule has 2 aromatic rings. The maximum Gasteiger partial charge on any atom is 0.223 e. The highest BCUT2D eigenvalue weighted by atomic mass is 32.1. The second-order valence-corrected chi connectivity index (χ2v) is 6.23. The van der Waals surface area contributed by atoms with E-state index in [1.165, 1.54) is 4.88 Å². The van der Waals surface area contributed by atoms with Gasteiger partial charge >= 0.3 is 0 Å². The van der Waals surface area contributed by atoms with Gasteiger partial charge in [0.15, 0.2) is 0 Å². The molecule has 0 N–H and O–H groups in total. The van der Waals surface area contributed by atoms with E-state index in [0.717, 1.165) is 24.8 Å². The van der Waals surface area contributed by atoms with E-state index in [2.05, 4.69) is 16.4 Å². The van der Waals surface area contributed by atoms with Crippen molar-refractivity contribution in [2.75, 3.05) is 0 Å². The van der Waals surface area contributed by atoms with Crippen LogP contribution >= 0.6 is 11.3 Å². The van der Waals surface area contributed by atoms with E-state index >= 15 is 0 Å². The molecule has 2 aromatic heterocycles. The minimum atomic E-state index is 0.268. The zero-order valence-corrected chi connectivity index (χ0v) is 12.2. The predicted molar refractivity (Wildman–Crippen MR) is 80.4 cm³/mol. The topological polar surface area (TPSA) is 33.2 Å². The lowest BCUT2D eigenvalue weighted by Gasteiger charge is -2.22. The maximum absolute atomic E-state index is 12.4. The van der Waals surface area contributed by atoms with E-state index < -0.39 is 0 Å². The molecule has 0 saturated heterocycles. The second kappa shape index (κ2) is 6.18. The number of carbonyl (C=O) groups is 1. The van der Waals surface area contributed by atoms with Crippen molar-refractivity contribution in [1.82, 2.24) is 9.88 Å². The van der Waals surface area contributed by atoms with Gasteiger partial charge in [-0.05, 0) is 42.3 Å². The summed E-state index contributed by atoms with van der Waals surface area (Å²) in [5.74, 6) is 0.268. The molecule has 2 heterocycles. The van der Waals surface area contributed by atoms with Crippen LogP contribution in [-0.4, -0.2) is 21.8 Å². The highest BCUT2D eigenvalue weighted by molar-refractivity contribution is 7.09. The summed E-state index contributed by atoms with van der Waals surface area (Å²) in [6, 6.07) is 8.55. The number of rotatable bonds is 6. The molecule has 3 nitrogen and oxygen atoms in total. The third-order valence-electron chi connectivity index (χ3n) is 3.55. The Hall–Kier alpha value is -1.68. The minimum absolute atomic E-state index is 0.268. The van der Waals surface area contributed by atoms with Gasteiger partial charge in [-0.25, -0.2) is 0 Å². The molecule has 104 valence electrons. The molecule has 1 aliphatic carbocycles. The predicted octanol–water partition coefficient (Wildman–Crippen LogP) is 3.27. The van der Waals surface area contributed by atoms with Crippen molar-refractivity contribution < 1.29 is 4.79 Å². The van der Waals surface area contributed by atoms with Crippen molar-refractivity contribution in [2.45, 2.75) is 38.3 Å². The van der Waals surface area contributed by atoms with E-state index in [1.54, 1.807) is 17.5 Å². The molecule has 0 atom stereocenters. The van der Waals surface area contributed by atoms with Gasteiger partial charge in [0.25, 0.3) is 0 Å². The van der Waals surface area contributed by atoms with Crippen LogP contribution in [0, 0.1) is 0 Å². The van der Waals surface area contributed by atoms with Crippen molar-refractivity contribution in [3.8, 4) is 0 Å². The van der Waals surface area contributed by atoms with Gasteiger partial charge in [-0.2, -0.15) is 0 Å². The van der Waals surface area contributed by atoms with Crippen LogP contribution in [0.15, 0.2) is 42.0 Å². The molecule has 1 saturated carbocycles. The summed E-state index contributed by atoms with van der Waals surface area (Å²) in [4.78, 5) is 19.9. The Morgan fingerprint density at radius 1 is 1.35 bits per heavy atom. The summed E-state index contributed by atoms with van der Waals surface area (Å²) in [6.45, 7) is 0.696. The van der Waals surface area contributed by atoms with Crippen LogP contribution in [0.25, 0.3) is 0 Å². The number of pyridine rings is 1. The Balaban J connectivity index is 1.60. The number of aryl methyl sites for hydroxylation is 1. The van der Waals surface area contributed by atoms with Gasteiger partial charge in [-0.3, -0.25) is 9.78 Å². The highest BCUT2D eigenvalue weighted by Gasteiger charge is 2.32. The molecule has 3 rings (SSSR count). The van der Waals surface area contributed by atoms with Crippen LogP contribution in [0.3, 0.4) is 0 Å². The van der Waals surface area contributed by atoms with Crippen molar-refractivity contribution in [3.63, 3.8) is 0 Å². The van der Waals surface area contributed by atoms with E-state index in [9.17, 15) is 4.79 Å². The first-order chi connectivity index (χ1) is 9.83. The van der Waals surface area contributed by atoms with Gasteiger partial charge in [0.1, 0.15) is 0 Å². The molecule has 20 heavy (non-hydrogen) atoms. The molecule has 0 unspecified atom stereocenters. The summed E-state index contributed by atoms with van der Waals surface area (Å²) in [5, 5.41) is 2.06. The van der Waals surface area contributed by atoms with Crippen LogP contribution in [0.4, 0.5) is 0 Å². The summed E-state index contributed by atoms with van der Waals surface area (Å²) in [5.41, 5.74) is 1.11. The standard InChI is InChI=1S/C16H18N2OS/c19-16(8-7-15-4-2-10-20-15)18(14-5-6-14)12-13-3-1-9-17-11-13/h1-4,9-11,14H,5-8,12H2. The van der Waals surface area contributed by atoms with Gasteiger partial charge in [-0.1, -0.05) is 12.1 Å². The SMILES string of the molecule is O=C(CCc1cccs1)N(Cc1cccnc1)C1CC1. The fourth-order valence-corrected chi connectivity index (χ4v) is 3.03. The molecule has 4 heteroatoms. The molecule has 0 radical (unpaired) electrons. The second-order valence-electron chi connectivity index (χ2n) is 5.19. The van der Waals surface area contributed by atoms with Crippen molar-refractivity contribution in [3.05, 3.63) is 52.5 Å². The maximum atomic E-state index is 12.4.